The van der Waals surface area contributed by atoms with Crippen molar-refractivity contribution in [3.63, 3.8) is 0 Å². The predicted octanol–water partition coefficient (Wildman–Crippen LogP) is 5.04. The van der Waals surface area contributed by atoms with E-state index in [9.17, 15) is 14.9 Å². The third-order valence-electron chi connectivity index (χ3n) is 2.67. The molecule has 0 radical (unpaired) electrons. The summed E-state index contributed by atoms with van der Waals surface area (Å²) in [5.74, 6) is -0.273. The zero-order valence-corrected chi connectivity index (χ0v) is 15.3. The molecule has 0 saturated carbocycles. The van der Waals surface area contributed by atoms with Crippen LogP contribution < -0.4 is 5.32 Å². The van der Waals surface area contributed by atoms with Crippen molar-refractivity contribution in [2.24, 2.45) is 0 Å². The fourth-order valence-corrected chi connectivity index (χ4v) is 4.52. The highest BCUT2D eigenvalue weighted by atomic mass is 79.9. The van der Waals surface area contributed by atoms with Crippen molar-refractivity contribution in [2.45, 2.75) is 0 Å². The number of hydrogen-bond donors (Lipinski definition) is 1. The van der Waals surface area contributed by atoms with Crippen LogP contribution in [0.25, 0.3) is 10.2 Å². The van der Waals surface area contributed by atoms with Crippen LogP contribution in [0.4, 0.5) is 10.8 Å². The average molecular weight is 463 g/mol. The number of aromatic nitrogens is 1. The van der Waals surface area contributed by atoms with Crippen molar-refractivity contribution in [3.8, 4) is 0 Å². The van der Waals surface area contributed by atoms with Gasteiger partial charge in [-0.25, -0.2) is 4.98 Å². The molecule has 3 rings (SSSR count). The first kappa shape index (κ1) is 15.5. The first-order valence-electron chi connectivity index (χ1n) is 5.75. The fraction of sp³-hybridized carbons (Fsp3) is 0. The average Bonchev–Trinajstić information content (AvgIpc) is 3.01. The summed E-state index contributed by atoms with van der Waals surface area (Å²) in [5.41, 5.74) is 0.611. The van der Waals surface area contributed by atoms with Gasteiger partial charge in [-0.1, -0.05) is 11.3 Å². The largest absolute Gasteiger partial charge is 0.297 e. The Morgan fingerprint density at radius 3 is 2.68 bits per heavy atom. The van der Waals surface area contributed by atoms with Crippen molar-refractivity contribution >= 4 is 81.5 Å². The van der Waals surface area contributed by atoms with Crippen LogP contribution in [0.5, 0.6) is 0 Å². The molecule has 0 atom stereocenters. The molecule has 0 saturated heterocycles. The molecule has 1 N–H and O–H groups in total. The van der Waals surface area contributed by atoms with Gasteiger partial charge in [-0.3, -0.25) is 20.2 Å². The number of nitrogens with one attached hydrogen (secondary N) is 1. The summed E-state index contributed by atoms with van der Waals surface area (Å²) in [4.78, 5) is 27.2. The van der Waals surface area contributed by atoms with E-state index in [1.54, 1.807) is 12.1 Å². The number of carbonyl (C=O) groups excluding carboxylic acids is 1. The molecule has 0 aliphatic rings. The normalized spacial score (nSPS) is 10.8. The molecule has 0 aliphatic carbocycles. The van der Waals surface area contributed by atoms with Crippen LogP contribution in [0.1, 0.15) is 9.67 Å². The van der Waals surface area contributed by atoms with Crippen LogP contribution >= 0.6 is 54.5 Å². The number of nitrogens with zero attached hydrogens (tertiary/aromatic N) is 2. The van der Waals surface area contributed by atoms with E-state index in [1.807, 2.05) is 0 Å². The second-order valence-electron chi connectivity index (χ2n) is 4.11. The van der Waals surface area contributed by atoms with E-state index in [0.717, 1.165) is 8.26 Å². The summed E-state index contributed by atoms with van der Waals surface area (Å²) in [7, 11) is 0. The Labute approximate surface area is 148 Å². The Hall–Kier alpha value is -1.36. The Kier molecular flexibility index (Phi) is 4.26. The van der Waals surface area contributed by atoms with E-state index in [1.165, 1.54) is 34.8 Å². The monoisotopic (exact) mass is 461 g/mol. The number of benzene rings is 1. The summed E-state index contributed by atoms with van der Waals surface area (Å²) in [6, 6.07) is 6.11. The van der Waals surface area contributed by atoms with E-state index >= 15 is 0 Å². The molecule has 22 heavy (non-hydrogen) atoms. The fourth-order valence-electron chi connectivity index (χ4n) is 1.70. The lowest BCUT2D eigenvalue weighted by molar-refractivity contribution is -0.384. The predicted molar refractivity (Wildman–Crippen MR) is 93.9 cm³/mol. The van der Waals surface area contributed by atoms with Crippen LogP contribution in [0, 0.1) is 10.1 Å². The molecule has 2 heterocycles. The second kappa shape index (κ2) is 6.03. The number of carbonyl (C=O) groups is 1. The van der Waals surface area contributed by atoms with E-state index < -0.39 is 4.92 Å². The van der Waals surface area contributed by atoms with Gasteiger partial charge >= 0.3 is 0 Å². The summed E-state index contributed by atoms with van der Waals surface area (Å²) in [6.45, 7) is 0. The lowest BCUT2D eigenvalue weighted by Crippen LogP contribution is -2.09. The topological polar surface area (TPSA) is 85.1 Å². The molecule has 0 bridgehead atoms. The van der Waals surface area contributed by atoms with Gasteiger partial charge in [0.15, 0.2) is 5.13 Å². The maximum atomic E-state index is 12.1. The summed E-state index contributed by atoms with van der Waals surface area (Å²) in [6.07, 6.45) is 0. The Morgan fingerprint density at radius 2 is 2.05 bits per heavy atom. The smallest absolute Gasteiger partial charge is 0.270 e. The standard InChI is InChI=1S/C12H5Br2N3O3S2/c13-6-4-9(21-10(6)14)11(18)16-12-15-7-2-1-5(17(19)20)3-8(7)22-12/h1-4H,(H,15,16,18). The number of amides is 1. The van der Waals surface area contributed by atoms with Crippen molar-refractivity contribution in [3.05, 3.63) is 47.5 Å². The minimum Gasteiger partial charge on any atom is -0.297 e. The molecular formula is C12H5Br2N3O3S2. The molecule has 112 valence electrons. The molecule has 1 aromatic carbocycles. The molecule has 6 nitrogen and oxygen atoms in total. The van der Waals surface area contributed by atoms with E-state index in [2.05, 4.69) is 42.2 Å². The lowest BCUT2D eigenvalue weighted by Gasteiger charge is -1.96. The second-order valence-corrected chi connectivity index (χ2v) is 8.37. The van der Waals surface area contributed by atoms with E-state index in [4.69, 9.17) is 0 Å². The third kappa shape index (κ3) is 3.05. The third-order valence-corrected chi connectivity index (χ3v) is 6.86. The molecule has 3 aromatic rings. The Morgan fingerprint density at radius 1 is 1.27 bits per heavy atom. The van der Waals surface area contributed by atoms with Gasteiger partial charge in [0.25, 0.3) is 11.6 Å². The SMILES string of the molecule is O=C(Nc1nc2ccc([N+](=O)[O-])cc2s1)c1cc(Br)c(Br)s1. The number of nitro benzene ring substituents is 1. The molecule has 10 heteroatoms. The molecule has 0 unspecified atom stereocenters. The van der Waals surface area contributed by atoms with Crippen LogP contribution in [-0.4, -0.2) is 15.8 Å². The number of anilines is 1. The highest BCUT2D eigenvalue weighted by molar-refractivity contribution is 9.13. The Bertz CT molecular complexity index is 887. The molecule has 0 spiro atoms. The van der Waals surface area contributed by atoms with Crippen LogP contribution in [-0.2, 0) is 0 Å². The van der Waals surface area contributed by atoms with Gasteiger partial charge in [0.05, 0.1) is 23.8 Å². The van der Waals surface area contributed by atoms with Crippen LogP contribution in [0.2, 0.25) is 0 Å². The highest BCUT2D eigenvalue weighted by Crippen LogP contribution is 2.34. The Balaban J connectivity index is 1.87. The number of hydrogen-bond acceptors (Lipinski definition) is 6. The quantitative estimate of drug-likeness (QED) is 0.436. The van der Waals surface area contributed by atoms with Crippen molar-refractivity contribution in [1.29, 1.82) is 0 Å². The minimum atomic E-state index is -0.460. The van der Waals surface area contributed by atoms with Gasteiger partial charge in [-0.15, -0.1) is 11.3 Å². The molecule has 1 amide bonds. The van der Waals surface area contributed by atoms with Gasteiger partial charge in [-0.05, 0) is 44.0 Å². The van der Waals surface area contributed by atoms with Gasteiger partial charge in [0.1, 0.15) is 0 Å². The maximum Gasteiger partial charge on any atom is 0.270 e. The number of nitro groups is 1. The van der Waals surface area contributed by atoms with Gasteiger partial charge < -0.3 is 0 Å². The summed E-state index contributed by atoms with van der Waals surface area (Å²) < 4.78 is 2.29. The number of fused-ring (bicyclic) bond motifs is 1. The number of halogens is 2. The number of rotatable bonds is 3. The van der Waals surface area contributed by atoms with E-state index in [-0.39, 0.29) is 11.6 Å². The highest BCUT2D eigenvalue weighted by Gasteiger charge is 2.15. The van der Waals surface area contributed by atoms with Gasteiger partial charge in [0.2, 0.25) is 0 Å². The first-order valence-corrected chi connectivity index (χ1v) is 8.97. The zero-order valence-electron chi connectivity index (χ0n) is 10.5. The molecule has 2 aromatic heterocycles. The van der Waals surface area contributed by atoms with Gasteiger partial charge in [0, 0.05) is 16.6 Å². The molecule has 0 aliphatic heterocycles. The van der Waals surface area contributed by atoms with Crippen LogP contribution in [0.3, 0.4) is 0 Å². The van der Waals surface area contributed by atoms with Crippen molar-refractivity contribution in [1.82, 2.24) is 4.98 Å². The van der Waals surface area contributed by atoms with Gasteiger partial charge in [-0.2, -0.15) is 0 Å². The molecular weight excluding hydrogens is 458 g/mol. The lowest BCUT2D eigenvalue weighted by atomic mass is 10.3. The number of thiazole rings is 1. The van der Waals surface area contributed by atoms with Crippen molar-refractivity contribution in [2.75, 3.05) is 5.32 Å². The summed E-state index contributed by atoms with van der Waals surface area (Å²) >= 11 is 9.16. The van der Waals surface area contributed by atoms with E-state index in [0.29, 0.717) is 20.2 Å². The maximum absolute atomic E-state index is 12.1. The van der Waals surface area contributed by atoms with Crippen LogP contribution in [0.15, 0.2) is 32.5 Å². The summed E-state index contributed by atoms with van der Waals surface area (Å²) in [5, 5.41) is 13.9. The minimum absolute atomic E-state index is 0.000134. The number of non-ortho nitro benzene ring substituents is 1. The molecule has 0 fully saturated rings. The van der Waals surface area contributed by atoms with Crippen molar-refractivity contribution < 1.29 is 9.72 Å². The zero-order chi connectivity index (χ0) is 15.9. The first-order chi connectivity index (χ1) is 10.4. The number of thiophene rings is 1.